The van der Waals surface area contributed by atoms with Crippen molar-refractivity contribution in [2.75, 3.05) is 0 Å². The van der Waals surface area contributed by atoms with Gasteiger partial charge >= 0.3 is 11.9 Å². The highest BCUT2D eigenvalue weighted by atomic mass is 35.5. The van der Waals surface area contributed by atoms with Gasteiger partial charge in [-0.3, -0.25) is 14.2 Å². The van der Waals surface area contributed by atoms with Crippen LogP contribution >= 0.6 is 11.6 Å². The van der Waals surface area contributed by atoms with E-state index in [9.17, 15) is 31.9 Å². The standard InChI is InChI=1S/C19H18ClF4N3O3/c1-26-15(19(22,23)24)9-16(28)27(18(26)30)14-7-11(12(20)8-13(14)21)17(29)25-10-5-3-2-4-6-10/h7-10H,2-6H2,1H3,(H,25,29). The number of nitrogens with zero attached hydrogens (tertiary/aromatic N) is 2. The molecule has 3 rings (SSSR count). The summed E-state index contributed by atoms with van der Waals surface area (Å²) < 4.78 is 54.0. The van der Waals surface area contributed by atoms with Crippen molar-refractivity contribution >= 4 is 17.5 Å². The van der Waals surface area contributed by atoms with E-state index in [1.165, 1.54) is 0 Å². The Morgan fingerprint density at radius 1 is 1.13 bits per heavy atom. The molecule has 0 spiro atoms. The lowest BCUT2D eigenvalue weighted by Gasteiger charge is -2.23. The van der Waals surface area contributed by atoms with E-state index in [2.05, 4.69) is 5.32 Å². The fourth-order valence-corrected chi connectivity index (χ4v) is 3.75. The average molecular weight is 448 g/mol. The molecule has 11 heteroatoms. The first-order valence-electron chi connectivity index (χ1n) is 9.21. The van der Waals surface area contributed by atoms with Gasteiger partial charge in [-0.25, -0.2) is 13.8 Å². The summed E-state index contributed by atoms with van der Waals surface area (Å²) in [6, 6.07) is 1.75. The van der Waals surface area contributed by atoms with Gasteiger partial charge in [-0.05, 0) is 25.0 Å². The number of benzene rings is 1. The number of amides is 1. The summed E-state index contributed by atoms with van der Waals surface area (Å²) in [5.74, 6) is -1.75. The van der Waals surface area contributed by atoms with Crippen LogP contribution in [0.2, 0.25) is 5.02 Å². The second-order valence-corrected chi connectivity index (χ2v) is 7.54. The Hall–Kier alpha value is -2.62. The quantitative estimate of drug-likeness (QED) is 0.733. The molecule has 1 aromatic carbocycles. The summed E-state index contributed by atoms with van der Waals surface area (Å²) in [7, 11) is 0.811. The maximum atomic E-state index is 14.5. The van der Waals surface area contributed by atoms with Crippen LogP contribution in [0.15, 0.2) is 27.8 Å². The van der Waals surface area contributed by atoms with Crippen molar-refractivity contribution in [1.82, 2.24) is 14.5 Å². The molecule has 0 saturated heterocycles. The van der Waals surface area contributed by atoms with Crippen LogP contribution < -0.4 is 16.6 Å². The number of alkyl halides is 3. The number of nitrogens with one attached hydrogen (secondary N) is 1. The third-order valence-electron chi connectivity index (χ3n) is 5.07. The van der Waals surface area contributed by atoms with Gasteiger partial charge in [0, 0.05) is 19.2 Å². The van der Waals surface area contributed by atoms with Gasteiger partial charge in [-0.1, -0.05) is 30.9 Å². The Labute approximate surface area is 173 Å². The summed E-state index contributed by atoms with van der Waals surface area (Å²) in [5.41, 5.74) is -5.11. The molecular formula is C19H18ClF4N3O3. The molecule has 2 aromatic rings. The first-order chi connectivity index (χ1) is 14.0. The van der Waals surface area contributed by atoms with E-state index < -0.39 is 40.5 Å². The topological polar surface area (TPSA) is 73.1 Å². The molecule has 1 aliphatic rings. The molecule has 1 saturated carbocycles. The van der Waals surface area contributed by atoms with Crippen LogP contribution in [0.1, 0.15) is 48.2 Å². The van der Waals surface area contributed by atoms with Crippen LogP contribution in [-0.2, 0) is 13.2 Å². The fourth-order valence-electron chi connectivity index (χ4n) is 3.51. The molecule has 0 unspecified atom stereocenters. The molecule has 1 aliphatic carbocycles. The summed E-state index contributed by atoms with van der Waals surface area (Å²) >= 11 is 5.98. The number of hydrogen-bond acceptors (Lipinski definition) is 3. The van der Waals surface area contributed by atoms with Crippen molar-refractivity contribution in [2.24, 2.45) is 7.05 Å². The minimum atomic E-state index is -4.95. The Morgan fingerprint density at radius 3 is 2.37 bits per heavy atom. The lowest BCUT2D eigenvalue weighted by atomic mass is 9.95. The molecule has 6 nitrogen and oxygen atoms in total. The number of carbonyl (C=O) groups excluding carboxylic acids is 1. The van der Waals surface area contributed by atoms with Gasteiger partial charge in [-0.2, -0.15) is 13.2 Å². The van der Waals surface area contributed by atoms with Crippen molar-refractivity contribution in [3.8, 4) is 5.69 Å². The molecule has 0 radical (unpaired) electrons. The zero-order valence-electron chi connectivity index (χ0n) is 15.9. The lowest BCUT2D eigenvalue weighted by Crippen LogP contribution is -2.41. The van der Waals surface area contributed by atoms with Crippen LogP contribution in [-0.4, -0.2) is 21.1 Å². The molecule has 30 heavy (non-hydrogen) atoms. The summed E-state index contributed by atoms with van der Waals surface area (Å²) in [5, 5.41) is 2.53. The minimum Gasteiger partial charge on any atom is -0.349 e. The number of aromatic nitrogens is 2. The predicted molar refractivity (Wildman–Crippen MR) is 102 cm³/mol. The van der Waals surface area contributed by atoms with E-state index in [0.717, 1.165) is 51.3 Å². The monoisotopic (exact) mass is 447 g/mol. The number of hydrogen-bond donors (Lipinski definition) is 1. The molecule has 162 valence electrons. The van der Waals surface area contributed by atoms with E-state index in [4.69, 9.17) is 11.6 Å². The maximum Gasteiger partial charge on any atom is 0.431 e. The zero-order chi connectivity index (χ0) is 22.2. The second-order valence-electron chi connectivity index (χ2n) is 7.13. The SMILES string of the molecule is Cn1c(C(F)(F)F)cc(=O)n(-c2cc(C(=O)NC3CCCCC3)c(Cl)cc2F)c1=O. The van der Waals surface area contributed by atoms with Crippen molar-refractivity contribution < 1.29 is 22.4 Å². The van der Waals surface area contributed by atoms with Crippen LogP contribution in [0.5, 0.6) is 0 Å². The van der Waals surface area contributed by atoms with Crippen LogP contribution in [0.3, 0.4) is 0 Å². The summed E-state index contributed by atoms with van der Waals surface area (Å²) in [6.45, 7) is 0. The molecule has 0 bridgehead atoms. The molecule has 0 atom stereocenters. The van der Waals surface area contributed by atoms with Crippen molar-refractivity contribution in [3.63, 3.8) is 0 Å². The van der Waals surface area contributed by atoms with Crippen LogP contribution in [0, 0.1) is 5.82 Å². The Balaban J connectivity index is 2.08. The fraction of sp³-hybridized carbons (Fsp3) is 0.421. The van der Waals surface area contributed by atoms with E-state index in [0.29, 0.717) is 0 Å². The van der Waals surface area contributed by atoms with E-state index in [-0.39, 0.29) is 31.8 Å². The smallest absolute Gasteiger partial charge is 0.349 e. The second kappa shape index (κ2) is 8.25. The third-order valence-corrected chi connectivity index (χ3v) is 5.39. The van der Waals surface area contributed by atoms with Crippen molar-refractivity contribution in [3.05, 3.63) is 61.1 Å². The predicted octanol–water partition coefficient (Wildman–Crippen LogP) is 3.41. The van der Waals surface area contributed by atoms with Gasteiger partial charge in [0.2, 0.25) is 0 Å². The first-order valence-corrected chi connectivity index (χ1v) is 9.59. The highest BCUT2D eigenvalue weighted by Gasteiger charge is 2.35. The number of carbonyl (C=O) groups is 1. The molecule has 0 aliphatic heterocycles. The summed E-state index contributed by atoms with van der Waals surface area (Å²) in [6.07, 6.45) is -0.439. The number of halogens is 5. The van der Waals surface area contributed by atoms with Gasteiger partial charge in [0.05, 0.1) is 16.3 Å². The average Bonchev–Trinajstić information content (AvgIpc) is 2.66. The Bertz CT molecular complexity index is 1100. The largest absolute Gasteiger partial charge is 0.431 e. The van der Waals surface area contributed by atoms with Gasteiger partial charge in [0.25, 0.3) is 11.5 Å². The third kappa shape index (κ3) is 4.28. The summed E-state index contributed by atoms with van der Waals surface area (Å²) in [4.78, 5) is 37.3. The highest BCUT2D eigenvalue weighted by molar-refractivity contribution is 6.34. The van der Waals surface area contributed by atoms with E-state index >= 15 is 0 Å². The molecule has 1 aromatic heterocycles. The normalized spacial score (nSPS) is 15.3. The Morgan fingerprint density at radius 2 is 1.77 bits per heavy atom. The molecule has 1 heterocycles. The Kier molecular flexibility index (Phi) is 6.07. The van der Waals surface area contributed by atoms with Crippen LogP contribution in [0.25, 0.3) is 5.69 Å². The van der Waals surface area contributed by atoms with Gasteiger partial charge in [-0.15, -0.1) is 0 Å². The van der Waals surface area contributed by atoms with Crippen LogP contribution in [0.4, 0.5) is 17.6 Å². The van der Waals surface area contributed by atoms with E-state index in [1.807, 2.05) is 0 Å². The van der Waals surface area contributed by atoms with Crippen molar-refractivity contribution in [1.29, 1.82) is 0 Å². The molecular weight excluding hydrogens is 430 g/mol. The zero-order valence-corrected chi connectivity index (χ0v) is 16.6. The molecule has 1 fully saturated rings. The van der Waals surface area contributed by atoms with Gasteiger partial charge in [0.15, 0.2) is 0 Å². The maximum absolute atomic E-state index is 14.5. The number of rotatable bonds is 3. The minimum absolute atomic E-state index is 0.0857. The highest BCUT2D eigenvalue weighted by Crippen LogP contribution is 2.28. The molecule has 1 amide bonds. The van der Waals surface area contributed by atoms with E-state index in [1.54, 1.807) is 0 Å². The molecule has 1 N–H and O–H groups in total. The van der Waals surface area contributed by atoms with Gasteiger partial charge < -0.3 is 5.32 Å². The lowest BCUT2D eigenvalue weighted by molar-refractivity contribution is -0.144. The first kappa shape index (κ1) is 22.1. The van der Waals surface area contributed by atoms with Crippen molar-refractivity contribution in [2.45, 2.75) is 44.3 Å². The van der Waals surface area contributed by atoms with Gasteiger partial charge in [0.1, 0.15) is 11.5 Å².